The third-order valence-electron chi connectivity index (χ3n) is 6.10. The first-order valence-corrected chi connectivity index (χ1v) is 10.7. The van der Waals surface area contributed by atoms with Gasteiger partial charge in [0, 0.05) is 70.5 Å². The fourth-order valence-electron chi connectivity index (χ4n) is 4.30. The van der Waals surface area contributed by atoms with Gasteiger partial charge in [-0.1, -0.05) is 5.18 Å². The number of hydrogen-bond donors (Lipinski definition) is 0. The van der Waals surface area contributed by atoms with Crippen molar-refractivity contribution < 1.29 is 4.79 Å². The van der Waals surface area contributed by atoms with Gasteiger partial charge < -0.3 is 14.4 Å². The van der Waals surface area contributed by atoms with Crippen LogP contribution in [-0.4, -0.2) is 76.6 Å². The Balaban J connectivity index is 1.26. The van der Waals surface area contributed by atoms with Crippen molar-refractivity contribution in [2.24, 2.45) is 5.18 Å². The third-order valence-corrected chi connectivity index (χ3v) is 6.10. The van der Waals surface area contributed by atoms with Gasteiger partial charge in [0.1, 0.15) is 11.7 Å². The molecule has 1 amide bonds. The number of nitrogens with zero attached hydrogens (tertiary/aromatic N) is 7. The summed E-state index contributed by atoms with van der Waals surface area (Å²) in [6.45, 7) is 6.27. The highest BCUT2D eigenvalue weighted by molar-refractivity contribution is 5.94. The number of hydrogen-bond acceptors (Lipinski definition) is 7. The van der Waals surface area contributed by atoms with E-state index in [9.17, 15) is 9.70 Å². The van der Waals surface area contributed by atoms with E-state index in [1.54, 1.807) is 24.3 Å². The largest absolute Gasteiger partial charge is 0.343 e. The molecule has 2 aromatic rings. The summed E-state index contributed by atoms with van der Waals surface area (Å²) >= 11 is 0. The highest BCUT2D eigenvalue weighted by Gasteiger charge is 2.30. The predicted octanol–water partition coefficient (Wildman–Crippen LogP) is 2.16. The molecule has 1 fully saturated rings. The maximum Gasteiger partial charge on any atom is 0.270 e. The molecule has 0 spiro atoms. The lowest BCUT2D eigenvalue weighted by atomic mass is 10.1. The fraction of sp³-hybridized carbons (Fsp3) is 0.571. The van der Waals surface area contributed by atoms with Gasteiger partial charge in [0.25, 0.3) is 5.91 Å². The second-order valence-electron chi connectivity index (χ2n) is 8.03. The first-order valence-electron chi connectivity index (χ1n) is 10.7. The van der Waals surface area contributed by atoms with Gasteiger partial charge in [0.15, 0.2) is 0 Å². The normalized spacial score (nSPS) is 20.2. The lowest BCUT2D eigenvalue weighted by molar-refractivity contribution is 0.0788. The van der Waals surface area contributed by atoms with Crippen LogP contribution in [0.1, 0.15) is 41.4 Å². The Hall–Kier alpha value is -2.81. The van der Waals surface area contributed by atoms with Gasteiger partial charge in [-0.15, -0.1) is 0 Å². The quantitative estimate of drug-likeness (QED) is 0.513. The molecule has 1 unspecified atom stereocenters. The second kappa shape index (κ2) is 9.34. The molecule has 2 aliphatic heterocycles. The highest BCUT2D eigenvalue weighted by atomic mass is 16.3. The van der Waals surface area contributed by atoms with E-state index in [-0.39, 0.29) is 5.91 Å². The van der Waals surface area contributed by atoms with Crippen molar-refractivity contribution in [2.45, 2.75) is 31.8 Å². The average molecular weight is 412 g/mol. The zero-order valence-corrected chi connectivity index (χ0v) is 17.5. The van der Waals surface area contributed by atoms with Crippen LogP contribution in [0.15, 0.2) is 35.9 Å². The van der Waals surface area contributed by atoms with Crippen LogP contribution in [0.5, 0.6) is 0 Å². The molecule has 0 bridgehead atoms. The third kappa shape index (κ3) is 4.35. The Morgan fingerprint density at radius 2 is 1.80 bits per heavy atom. The van der Waals surface area contributed by atoms with Crippen molar-refractivity contribution in [3.8, 4) is 0 Å². The van der Waals surface area contributed by atoms with Crippen molar-refractivity contribution in [1.29, 1.82) is 0 Å². The van der Waals surface area contributed by atoms with Crippen LogP contribution in [0, 0.1) is 4.91 Å². The van der Waals surface area contributed by atoms with Gasteiger partial charge in [-0.3, -0.25) is 9.69 Å². The van der Waals surface area contributed by atoms with Gasteiger partial charge in [0.2, 0.25) is 5.95 Å². The Bertz CT molecular complexity index is 861. The predicted molar refractivity (Wildman–Crippen MR) is 114 cm³/mol. The summed E-state index contributed by atoms with van der Waals surface area (Å²) in [5.41, 5.74) is 1.41. The zero-order valence-electron chi connectivity index (χ0n) is 17.5. The highest BCUT2D eigenvalue weighted by Crippen LogP contribution is 2.30. The first-order chi connectivity index (χ1) is 14.7. The number of aryl methyl sites for hydroxylation is 1. The molecule has 2 aliphatic rings. The molecule has 4 heterocycles. The van der Waals surface area contributed by atoms with E-state index in [1.165, 1.54) is 0 Å². The standard InChI is InChI=1S/C21H29N7O2/c1-25-11-6-18(24-30)17-5-12-27(19(17)20(25)29)10-3-2-9-26-13-15-28(16-14-26)21-22-7-4-8-23-21/h4-5,7-8,12,18H,2-3,6,9-11,13-16H2,1H3. The fourth-order valence-corrected chi connectivity index (χ4v) is 4.30. The Labute approximate surface area is 176 Å². The zero-order chi connectivity index (χ0) is 20.9. The summed E-state index contributed by atoms with van der Waals surface area (Å²) in [5.74, 6) is 0.795. The van der Waals surface area contributed by atoms with E-state index in [4.69, 9.17) is 0 Å². The van der Waals surface area contributed by atoms with E-state index < -0.39 is 6.04 Å². The van der Waals surface area contributed by atoms with Crippen LogP contribution < -0.4 is 4.90 Å². The minimum Gasteiger partial charge on any atom is -0.343 e. The number of aromatic nitrogens is 3. The smallest absolute Gasteiger partial charge is 0.270 e. The van der Waals surface area contributed by atoms with Crippen LogP contribution in [-0.2, 0) is 6.54 Å². The number of nitroso groups, excluding NO2 is 1. The van der Waals surface area contributed by atoms with Crippen LogP contribution in [0.25, 0.3) is 0 Å². The topological polar surface area (TPSA) is 86.9 Å². The Morgan fingerprint density at radius 3 is 2.53 bits per heavy atom. The number of anilines is 1. The summed E-state index contributed by atoms with van der Waals surface area (Å²) in [6.07, 6.45) is 8.13. The molecule has 30 heavy (non-hydrogen) atoms. The number of carbonyl (C=O) groups excluding carboxylic acids is 1. The van der Waals surface area contributed by atoms with Crippen LogP contribution in [0.3, 0.4) is 0 Å². The molecule has 0 radical (unpaired) electrons. The van der Waals surface area contributed by atoms with Crippen molar-refractivity contribution in [3.05, 3.63) is 46.9 Å². The number of rotatable bonds is 7. The van der Waals surface area contributed by atoms with Crippen LogP contribution >= 0.6 is 0 Å². The van der Waals surface area contributed by atoms with E-state index in [2.05, 4.69) is 24.9 Å². The summed E-state index contributed by atoms with van der Waals surface area (Å²) < 4.78 is 2.00. The molecule has 1 saturated heterocycles. The van der Waals surface area contributed by atoms with Gasteiger partial charge in [-0.25, -0.2) is 9.97 Å². The molecule has 4 rings (SSSR count). The van der Waals surface area contributed by atoms with Crippen LogP contribution in [0.4, 0.5) is 5.95 Å². The van der Waals surface area contributed by atoms with Crippen LogP contribution in [0.2, 0.25) is 0 Å². The minimum atomic E-state index is -0.431. The van der Waals surface area contributed by atoms with Gasteiger partial charge >= 0.3 is 0 Å². The van der Waals surface area contributed by atoms with E-state index in [1.807, 2.05) is 22.9 Å². The van der Waals surface area contributed by atoms with Crippen molar-refractivity contribution in [2.75, 3.05) is 51.2 Å². The molecule has 0 aliphatic carbocycles. The van der Waals surface area contributed by atoms with Crippen molar-refractivity contribution >= 4 is 11.9 Å². The SMILES string of the molecule is CN1CCC(N=O)c2ccn(CCCCN3CCN(c4ncccn4)CC3)c2C1=O. The molecule has 9 heteroatoms. The molecule has 0 saturated carbocycles. The number of fused-ring (bicyclic) bond motifs is 1. The lowest BCUT2D eigenvalue weighted by Crippen LogP contribution is -2.47. The van der Waals surface area contributed by atoms with E-state index in [0.29, 0.717) is 18.7 Å². The molecular formula is C21H29N7O2. The van der Waals surface area contributed by atoms with E-state index in [0.717, 1.165) is 63.6 Å². The Kier molecular flexibility index (Phi) is 6.37. The lowest BCUT2D eigenvalue weighted by Gasteiger charge is -2.34. The van der Waals surface area contributed by atoms with Crippen molar-refractivity contribution in [1.82, 2.24) is 24.3 Å². The second-order valence-corrected chi connectivity index (χ2v) is 8.03. The molecular weight excluding hydrogens is 382 g/mol. The summed E-state index contributed by atoms with van der Waals surface area (Å²) in [6, 6.07) is 3.30. The minimum absolute atomic E-state index is 0.0135. The molecule has 0 aromatic carbocycles. The molecule has 2 aromatic heterocycles. The monoisotopic (exact) mass is 411 g/mol. The summed E-state index contributed by atoms with van der Waals surface area (Å²) in [7, 11) is 1.79. The number of piperazine rings is 1. The summed E-state index contributed by atoms with van der Waals surface area (Å²) in [5, 5.41) is 3.25. The number of amides is 1. The first kappa shape index (κ1) is 20.5. The molecule has 160 valence electrons. The maximum atomic E-state index is 12.7. The molecule has 0 N–H and O–H groups in total. The molecule has 1 atom stereocenters. The van der Waals surface area contributed by atoms with Gasteiger partial charge in [-0.05, 0) is 37.9 Å². The number of carbonyl (C=O) groups is 1. The van der Waals surface area contributed by atoms with E-state index >= 15 is 0 Å². The van der Waals surface area contributed by atoms with Gasteiger partial charge in [-0.2, -0.15) is 4.91 Å². The molecule has 9 nitrogen and oxygen atoms in total. The van der Waals surface area contributed by atoms with Gasteiger partial charge in [0.05, 0.1) is 0 Å². The van der Waals surface area contributed by atoms with Crippen molar-refractivity contribution in [3.63, 3.8) is 0 Å². The maximum absolute atomic E-state index is 12.7. The summed E-state index contributed by atoms with van der Waals surface area (Å²) in [4.78, 5) is 39.0. The number of unbranched alkanes of at least 4 members (excludes halogenated alkanes) is 1. The average Bonchev–Trinajstić information content (AvgIpc) is 3.16. The Morgan fingerprint density at radius 1 is 1.07 bits per heavy atom.